The number of hydrogen-bond donors (Lipinski definition) is 1. The molecule has 1 aromatic rings. The summed E-state index contributed by atoms with van der Waals surface area (Å²) in [5.74, 6) is 1.25. The second-order valence-corrected chi connectivity index (χ2v) is 5.99. The molecule has 2 rings (SSSR count). The third-order valence-corrected chi connectivity index (χ3v) is 4.22. The highest BCUT2D eigenvalue weighted by atomic mass is 16.5. The Bertz CT molecular complexity index is 558. The molecule has 132 valence electrons. The van der Waals surface area contributed by atoms with Crippen LogP contribution in [0.3, 0.4) is 0 Å². The summed E-state index contributed by atoms with van der Waals surface area (Å²) in [6, 6.07) is 5.35. The molecule has 1 heterocycles. The molecule has 1 saturated heterocycles. The van der Waals surface area contributed by atoms with Crippen LogP contribution in [-0.4, -0.2) is 50.1 Å². The van der Waals surface area contributed by atoms with Crippen LogP contribution in [0.15, 0.2) is 18.2 Å². The molecule has 1 fully saturated rings. The van der Waals surface area contributed by atoms with Gasteiger partial charge in [-0.15, -0.1) is 0 Å². The van der Waals surface area contributed by atoms with Crippen molar-refractivity contribution < 1.29 is 19.1 Å². The number of benzene rings is 1. The first-order chi connectivity index (χ1) is 11.6. The summed E-state index contributed by atoms with van der Waals surface area (Å²) < 4.78 is 10.4. The van der Waals surface area contributed by atoms with Crippen molar-refractivity contribution in [3.05, 3.63) is 23.8 Å². The van der Waals surface area contributed by atoms with E-state index >= 15 is 0 Å². The quantitative estimate of drug-likeness (QED) is 0.866. The number of hydrogen-bond acceptors (Lipinski definition) is 4. The molecular formula is C18H26N2O4. The molecule has 0 aromatic heterocycles. The third-order valence-electron chi connectivity index (χ3n) is 4.22. The van der Waals surface area contributed by atoms with Crippen molar-refractivity contribution in [1.82, 2.24) is 10.2 Å². The van der Waals surface area contributed by atoms with Crippen LogP contribution in [0.25, 0.3) is 0 Å². The Morgan fingerprint density at radius 3 is 2.21 bits per heavy atom. The minimum atomic E-state index is -0.0365. The number of piperidine rings is 1. The van der Waals surface area contributed by atoms with E-state index in [9.17, 15) is 9.59 Å². The van der Waals surface area contributed by atoms with Gasteiger partial charge in [0.2, 0.25) is 5.91 Å². The van der Waals surface area contributed by atoms with Crippen molar-refractivity contribution in [2.24, 2.45) is 0 Å². The second kappa shape index (κ2) is 8.57. The number of amides is 2. The fraction of sp³-hybridized carbons (Fsp3) is 0.556. The highest BCUT2D eigenvalue weighted by molar-refractivity contribution is 5.95. The molecule has 1 aliphatic heterocycles. The Labute approximate surface area is 143 Å². The molecule has 1 aliphatic rings. The van der Waals surface area contributed by atoms with E-state index in [1.54, 1.807) is 32.4 Å². The van der Waals surface area contributed by atoms with Gasteiger partial charge in [0.1, 0.15) is 11.5 Å². The largest absolute Gasteiger partial charge is 0.497 e. The first-order valence-corrected chi connectivity index (χ1v) is 8.39. The maximum absolute atomic E-state index is 12.7. The Hall–Kier alpha value is -2.24. The van der Waals surface area contributed by atoms with E-state index < -0.39 is 0 Å². The first-order valence-electron chi connectivity index (χ1n) is 8.39. The summed E-state index contributed by atoms with van der Waals surface area (Å²) in [6.45, 7) is 3.26. The first kappa shape index (κ1) is 18.1. The molecule has 6 nitrogen and oxygen atoms in total. The maximum Gasteiger partial charge on any atom is 0.254 e. The fourth-order valence-electron chi connectivity index (χ4n) is 2.87. The molecule has 24 heavy (non-hydrogen) atoms. The standard InChI is InChI=1S/C18H26N2O4/c1-4-5-17(21)19-14-6-8-20(9-7-14)18(22)13-10-15(23-2)12-16(11-13)24-3/h10-12,14H,4-9H2,1-3H3,(H,19,21). The number of rotatable bonds is 6. The van der Waals surface area contributed by atoms with Gasteiger partial charge in [-0.05, 0) is 31.4 Å². The molecule has 0 spiro atoms. The minimum absolute atomic E-state index is 0.0365. The average molecular weight is 334 g/mol. The van der Waals surface area contributed by atoms with Crippen molar-refractivity contribution in [1.29, 1.82) is 0 Å². The number of likely N-dealkylation sites (tertiary alicyclic amines) is 1. The van der Waals surface area contributed by atoms with Gasteiger partial charge in [-0.25, -0.2) is 0 Å². The number of carbonyl (C=O) groups excluding carboxylic acids is 2. The highest BCUT2D eigenvalue weighted by Gasteiger charge is 2.25. The Morgan fingerprint density at radius 2 is 1.71 bits per heavy atom. The van der Waals surface area contributed by atoms with Gasteiger partial charge in [0.05, 0.1) is 14.2 Å². The third kappa shape index (κ3) is 4.63. The molecule has 6 heteroatoms. The zero-order chi connectivity index (χ0) is 17.5. The molecule has 0 saturated carbocycles. The molecular weight excluding hydrogens is 308 g/mol. The van der Waals surface area contributed by atoms with Gasteiger partial charge in [0.15, 0.2) is 0 Å². The van der Waals surface area contributed by atoms with E-state index in [0.29, 0.717) is 36.6 Å². The Kier molecular flexibility index (Phi) is 6.46. The molecule has 1 aromatic carbocycles. The monoisotopic (exact) mass is 334 g/mol. The minimum Gasteiger partial charge on any atom is -0.497 e. The van der Waals surface area contributed by atoms with E-state index in [2.05, 4.69) is 5.32 Å². The average Bonchev–Trinajstić information content (AvgIpc) is 2.61. The van der Waals surface area contributed by atoms with Crippen LogP contribution in [0.5, 0.6) is 11.5 Å². The number of ether oxygens (including phenoxy) is 2. The van der Waals surface area contributed by atoms with Crippen molar-refractivity contribution >= 4 is 11.8 Å². The van der Waals surface area contributed by atoms with E-state index in [1.165, 1.54) is 0 Å². The SMILES string of the molecule is CCCC(=O)NC1CCN(C(=O)c2cc(OC)cc(OC)c2)CC1. The van der Waals surface area contributed by atoms with Gasteiger partial charge >= 0.3 is 0 Å². The lowest BCUT2D eigenvalue weighted by atomic mass is 10.0. The summed E-state index contributed by atoms with van der Waals surface area (Å²) in [4.78, 5) is 26.2. The number of methoxy groups -OCH3 is 2. The van der Waals surface area contributed by atoms with Crippen LogP contribution >= 0.6 is 0 Å². The molecule has 0 bridgehead atoms. The van der Waals surface area contributed by atoms with Crippen LogP contribution in [0, 0.1) is 0 Å². The molecule has 0 atom stereocenters. The molecule has 0 unspecified atom stereocenters. The Balaban J connectivity index is 1.96. The number of carbonyl (C=O) groups is 2. The molecule has 1 N–H and O–H groups in total. The van der Waals surface area contributed by atoms with Gasteiger partial charge in [-0.2, -0.15) is 0 Å². The van der Waals surface area contributed by atoms with Crippen molar-refractivity contribution in [3.63, 3.8) is 0 Å². The van der Waals surface area contributed by atoms with E-state index in [1.807, 2.05) is 11.8 Å². The number of nitrogens with zero attached hydrogens (tertiary/aromatic N) is 1. The lowest BCUT2D eigenvalue weighted by Gasteiger charge is -2.32. The lowest BCUT2D eigenvalue weighted by molar-refractivity contribution is -0.122. The summed E-state index contributed by atoms with van der Waals surface area (Å²) in [6.07, 6.45) is 2.97. The van der Waals surface area contributed by atoms with Gasteiger partial charge < -0.3 is 19.7 Å². The van der Waals surface area contributed by atoms with Gasteiger partial charge in [-0.3, -0.25) is 9.59 Å². The maximum atomic E-state index is 12.7. The van der Waals surface area contributed by atoms with E-state index in [4.69, 9.17) is 9.47 Å². The van der Waals surface area contributed by atoms with Crippen LogP contribution in [0.4, 0.5) is 0 Å². The van der Waals surface area contributed by atoms with Crippen molar-refractivity contribution in [2.45, 2.75) is 38.6 Å². The zero-order valence-corrected chi connectivity index (χ0v) is 14.6. The predicted molar refractivity (Wildman–Crippen MR) is 91.5 cm³/mol. The second-order valence-electron chi connectivity index (χ2n) is 5.99. The van der Waals surface area contributed by atoms with Crippen LogP contribution < -0.4 is 14.8 Å². The summed E-state index contributed by atoms with van der Waals surface area (Å²) in [5.41, 5.74) is 0.555. The summed E-state index contributed by atoms with van der Waals surface area (Å²) in [7, 11) is 3.13. The van der Waals surface area contributed by atoms with Gasteiger partial charge in [0, 0.05) is 37.2 Å². The van der Waals surface area contributed by atoms with E-state index in [0.717, 1.165) is 19.3 Å². The predicted octanol–water partition coefficient (Wildman–Crippen LogP) is 2.22. The van der Waals surface area contributed by atoms with Crippen LogP contribution in [0.1, 0.15) is 43.0 Å². The summed E-state index contributed by atoms with van der Waals surface area (Å²) in [5, 5.41) is 3.04. The van der Waals surface area contributed by atoms with Crippen LogP contribution in [0.2, 0.25) is 0 Å². The Morgan fingerprint density at radius 1 is 1.12 bits per heavy atom. The topological polar surface area (TPSA) is 67.9 Å². The summed E-state index contributed by atoms with van der Waals surface area (Å²) >= 11 is 0. The van der Waals surface area contributed by atoms with Gasteiger partial charge in [0.25, 0.3) is 5.91 Å². The lowest BCUT2D eigenvalue weighted by Crippen LogP contribution is -2.46. The fourth-order valence-corrected chi connectivity index (χ4v) is 2.87. The molecule has 0 radical (unpaired) electrons. The zero-order valence-electron chi connectivity index (χ0n) is 14.6. The van der Waals surface area contributed by atoms with Crippen molar-refractivity contribution in [2.75, 3.05) is 27.3 Å². The highest BCUT2D eigenvalue weighted by Crippen LogP contribution is 2.24. The van der Waals surface area contributed by atoms with Crippen molar-refractivity contribution in [3.8, 4) is 11.5 Å². The van der Waals surface area contributed by atoms with E-state index in [-0.39, 0.29) is 17.9 Å². The molecule has 2 amide bonds. The number of nitrogens with one attached hydrogen (secondary N) is 1. The smallest absolute Gasteiger partial charge is 0.254 e. The molecule has 0 aliphatic carbocycles. The normalized spacial score (nSPS) is 15.0. The van der Waals surface area contributed by atoms with Gasteiger partial charge in [-0.1, -0.05) is 6.92 Å². The van der Waals surface area contributed by atoms with Crippen LogP contribution in [-0.2, 0) is 4.79 Å².